The average Bonchev–Trinajstić information content (AvgIpc) is 2.85. The Labute approximate surface area is 75.3 Å². The molecular weight excluding hydrogens is 168 g/mol. The van der Waals surface area contributed by atoms with Crippen LogP contribution in [0.2, 0.25) is 0 Å². The molecule has 3 N–H and O–H groups in total. The van der Waals surface area contributed by atoms with Crippen molar-refractivity contribution in [2.75, 3.05) is 11.1 Å². The van der Waals surface area contributed by atoms with E-state index in [0.717, 1.165) is 12.8 Å². The Morgan fingerprint density at radius 2 is 2.38 bits per heavy atom. The largest absolute Gasteiger partial charge is 0.397 e. The predicted molar refractivity (Wildman–Crippen MR) is 47.8 cm³/mol. The molecule has 0 saturated heterocycles. The lowest BCUT2D eigenvalue weighted by molar-refractivity contribution is -0.117. The van der Waals surface area contributed by atoms with Gasteiger partial charge in [-0.2, -0.15) is 5.10 Å². The van der Waals surface area contributed by atoms with Gasteiger partial charge >= 0.3 is 0 Å². The molecule has 0 radical (unpaired) electrons. The highest BCUT2D eigenvalue weighted by Crippen LogP contribution is 2.29. The maximum absolute atomic E-state index is 11.3. The van der Waals surface area contributed by atoms with E-state index in [1.165, 1.54) is 6.20 Å². The van der Waals surface area contributed by atoms with E-state index in [4.69, 9.17) is 5.73 Å². The molecule has 0 atom stereocenters. The fraction of sp³-hybridized carbons (Fsp3) is 0.375. The van der Waals surface area contributed by atoms with E-state index in [2.05, 4.69) is 15.5 Å². The number of hydrogen-bond acceptors (Lipinski definition) is 4. The monoisotopic (exact) mass is 178 g/mol. The number of amides is 1. The van der Waals surface area contributed by atoms with Crippen LogP contribution in [-0.2, 0) is 4.79 Å². The Bertz CT molecular complexity index is 335. The zero-order valence-electron chi connectivity index (χ0n) is 7.03. The van der Waals surface area contributed by atoms with Crippen LogP contribution < -0.4 is 11.1 Å². The molecule has 0 aromatic carbocycles. The second kappa shape index (κ2) is 3.01. The molecule has 1 aromatic heterocycles. The summed E-state index contributed by atoms with van der Waals surface area (Å²) in [5.74, 6) is 0.611. The van der Waals surface area contributed by atoms with Crippen molar-refractivity contribution >= 4 is 17.4 Å². The zero-order chi connectivity index (χ0) is 9.26. The molecule has 0 aliphatic heterocycles. The summed E-state index contributed by atoms with van der Waals surface area (Å²) in [5, 5.41) is 10.0. The van der Waals surface area contributed by atoms with Crippen LogP contribution in [0.5, 0.6) is 0 Å². The van der Waals surface area contributed by atoms with Gasteiger partial charge in [-0.3, -0.25) is 4.79 Å². The average molecular weight is 178 g/mol. The second-order valence-electron chi connectivity index (χ2n) is 3.14. The molecule has 1 saturated carbocycles. The quantitative estimate of drug-likeness (QED) is 0.687. The number of nitrogen functional groups attached to an aromatic ring is 1. The Kier molecular flexibility index (Phi) is 1.84. The van der Waals surface area contributed by atoms with E-state index in [1.54, 1.807) is 6.07 Å². The minimum atomic E-state index is 0.0138. The highest BCUT2D eigenvalue weighted by Gasteiger charge is 2.29. The van der Waals surface area contributed by atoms with Gasteiger partial charge in [0, 0.05) is 12.0 Å². The summed E-state index contributed by atoms with van der Waals surface area (Å²) in [6.45, 7) is 0. The fourth-order valence-corrected chi connectivity index (χ4v) is 1.02. The van der Waals surface area contributed by atoms with E-state index in [0.29, 0.717) is 11.5 Å². The SMILES string of the molecule is Nc1cnnc(NC(=O)C2CC2)c1. The molecule has 1 heterocycles. The highest BCUT2D eigenvalue weighted by atomic mass is 16.2. The first kappa shape index (κ1) is 7.97. The molecule has 1 aromatic rings. The second-order valence-corrected chi connectivity index (χ2v) is 3.14. The van der Waals surface area contributed by atoms with Gasteiger partial charge in [-0.15, -0.1) is 5.10 Å². The van der Waals surface area contributed by atoms with Gasteiger partial charge < -0.3 is 11.1 Å². The van der Waals surface area contributed by atoms with Gasteiger partial charge in [-0.05, 0) is 12.8 Å². The number of anilines is 2. The van der Waals surface area contributed by atoms with Crippen LogP contribution in [0.1, 0.15) is 12.8 Å². The maximum Gasteiger partial charge on any atom is 0.228 e. The van der Waals surface area contributed by atoms with Crippen molar-refractivity contribution in [1.82, 2.24) is 10.2 Å². The van der Waals surface area contributed by atoms with Gasteiger partial charge in [0.2, 0.25) is 5.91 Å². The van der Waals surface area contributed by atoms with Crippen LogP contribution in [0.3, 0.4) is 0 Å². The normalized spacial score (nSPS) is 15.4. The van der Waals surface area contributed by atoms with Gasteiger partial charge in [0.1, 0.15) is 0 Å². The van der Waals surface area contributed by atoms with E-state index < -0.39 is 0 Å². The zero-order valence-corrected chi connectivity index (χ0v) is 7.03. The molecule has 68 valence electrons. The third-order valence-electron chi connectivity index (χ3n) is 1.88. The Morgan fingerprint density at radius 1 is 1.62 bits per heavy atom. The van der Waals surface area contributed by atoms with Gasteiger partial charge in [-0.25, -0.2) is 0 Å². The lowest BCUT2D eigenvalue weighted by Gasteiger charge is -2.01. The number of aromatic nitrogens is 2. The third-order valence-corrected chi connectivity index (χ3v) is 1.88. The number of carbonyl (C=O) groups excluding carboxylic acids is 1. The minimum absolute atomic E-state index is 0.0138. The van der Waals surface area contributed by atoms with Gasteiger partial charge in [0.25, 0.3) is 0 Å². The van der Waals surface area contributed by atoms with Crippen LogP contribution in [0.25, 0.3) is 0 Å². The lowest BCUT2D eigenvalue weighted by Crippen LogP contribution is -2.14. The lowest BCUT2D eigenvalue weighted by atomic mass is 10.4. The number of carbonyl (C=O) groups is 1. The number of nitrogens with zero attached hydrogens (tertiary/aromatic N) is 2. The Hall–Kier alpha value is -1.65. The Morgan fingerprint density at radius 3 is 3.00 bits per heavy atom. The number of rotatable bonds is 2. The van der Waals surface area contributed by atoms with Gasteiger partial charge in [0.05, 0.1) is 11.9 Å². The van der Waals surface area contributed by atoms with Crippen molar-refractivity contribution < 1.29 is 4.79 Å². The molecule has 5 nitrogen and oxygen atoms in total. The summed E-state index contributed by atoms with van der Waals surface area (Å²) in [6.07, 6.45) is 3.38. The van der Waals surface area contributed by atoms with E-state index >= 15 is 0 Å². The van der Waals surface area contributed by atoms with Gasteiger partial charge in [0.15, 0.2) is 5.82 Å². The minimum Gasteiger partial charge on any atom is -0.397 e. The van der Waals surface area contributed by atoms with Crippen LogP contribution in [0, 0.1) is 5.92 Å². The van der Waals surface area contributed by atoms with Crippen molar-refractivity contribution in [3.63, 3.8) is 0 Å². The first-order valence-electron chi connectivity index (χ1n) is 4.15. The number of hydrogen-bond donors (Lipinski definition) is 2. The van der Waals surface area contributed by atoms with Gasteiger partial charge in [-0.1, -0.05) is 0 Å². The first-order chi connectivity index (χ1) is 6.25. The standard InChI is InChI=1S/C8H10N4O/c9-6-3-7(12-10-4-6)11-8(13)5-1-2-5/h3-5H,1-2H2,(H3,9,11,12,13). The smallest absolute Gasteiger partial charge is 0.228 e. The highest BCUT2D eigenvalue weighted by molar-refractivity contribution is 5.93. The van der Waals surface area contributed by atoms with Crippen LogP contribution in [0.15, 0.2) is 12.3 Å². The molecule has 2 rings (SSSR count). The Balaban J connectivity index is 2.04. The van der Waals surface area contributed by atoms with Crippen molar-refractivity contribution in [2.45, 2.75) is 12.8 Å². The maximum atomic E-state index is 11.3. The third kappa shape index (κ3) is 1.93. The van der Waals surface area contributed by atoms with Crippen molar-refractivity contribution in [2.24, 2.45) is 5.92 Å². The summed E-state index contributed by atoms with van der Waals surface area (Å²) in [6, 6.07) is 1.59. The van der Waals surface area contributed by atoms with Crippen LogP contribution in [-0.4, -0.2) is 16.1 Å². The molecule has 0 bridgehead atoms. The molecular formula is C8H10N4O. The fourth-order valence-electron chi connectivity index (χ4n) is 1.02. The summed E-state index contributed by atoms with van der Waals surface area (Å²) >= 11 is 0. The molecule has 13 heavy (non-hydrogen) atoms. The number of nitrogens with two attached hydrogens (primary N) is 1. The van der Waals surface area contributed by atoms with Crippen molar-refractivity contribution in [3.8, 4) is 0 Å². The van der Waals surface area contributed by atoms with Crippen molar-refractivity contribution in [1.29, 1.82) is 0 Å². The summed E-state index contributed by atoms with van der Waals surface area (Å²) in [5.41, 5.74) is 5.97. The molecule has 0 spiro atoms. The summed E-state index contributed by atoms with van der Waals surface area (Å²) in [7, 11) is 0. The van der Waals surface area contributed by atoms with Crippen molar-refractivity contribution in [3.05, 3.63) is 12.3 Å². The molecule has 1 aliphatic rings. The molecule has 1 fully saturated rings. The van der Waals surface area contributed by atoms with E-state index in [-0.39, 0.29) is 11.8 Å². The molecule has 0 unspecified atom stereocenters. The number of nitrogens with one attached hydrogen (secondary N) is 1. The van der Waals surface area contributed by atoms with E-state index in [9.17, 15) is 4.79 Å². The first-order valence-corrected chi connectivity index (χ1v) is 4.15. The van der Waals surface area contributed by atoms with Crippen LogP contribution >= 0.6 is 0 Å². The molecule has 1 aliphatic carbocycles. The molecule has 5 heteroatoms. The summed E-state index contributed by atoms with van der Waals surface area (Å²) < 4.78 is 0. The molecule has 1 amide bonds. The van der Waals surface area contributed by atoms with E-state index in [1.807, 2.05) is 0 Å². The topological polar surface area (TPSA) is 80.9 Å². The van der Waals surface area contributed by atoms with Crippen LogP contribution in [0.4, 0.5) is 11.5 Å². The summed E-state index contributed by atoms with van der Waals surface area (Å²) in [4.78, 5) is 11.3. The predicted octanol–water partition coefficient (Wildman–Crippen LogP) is 0.407.